The highest BCUT2D eigenvalue weighted by atomic mass is 31.2. The highest BCUT2D eigenvalue weighted by molar-refractivity contribution is 7.54. The SMILES string of the molecule is CCOP(=O)(OCC)C(NC(=O)c1ccccc1)C(C(=O)N[C@H](COC(=O)[C@@H](N)CC(C)C)Cc1ccccc1)C(=O)N[C@H](COC(=O)[C@@H](N)CC(C)C)Cc1ccccc1. The molecule has 0 aliphatic heterocycles. The molecule has 3 aromatic rings. The van der Waals surface area contributed by atoms with Gasteiger partial charge in [-0.15, -0.1) is 0 Å². The van der Waals surface area contributed by atoms with Crippen molar-refractivity contribution in [1.29, 1.82) is 0 Å². The molecular formula is C45H64N5O10P. The standard InChI is InChI=1S/C45H64N5O10P/c1-7-59-61(56,60-8-2)43(50-40(51)34-22-16-11-17-23-34)39(41(52)48-35(26-32-18-12-9-13-19-32)28-57-44(54)37(46)24-30(3)4)42(53)49-36(27-33-20-14-10-15-21-33)29-58-45(55)38(47)25-31(5)6/h9-23,30-31,35-39,43H,7-8,24-29,46-47H2,1-6H3,(H,48,52)(H,49,53)(H,50,51)/t35-,36-,37-,38-,43?/m0/s1. The number of nitrogens with one attached hydrogen (secondary N) is 3. The van der Waals surface area contributed by atoms with E-state index in [9.17, 15) is 28.5 Å². The second kappa shape index (κ2) is 25.8. The van der Waals surface area contributed by atoms with Crippen molar-refractivity contribution in [2.45, 2.75) is 97.2 Å². The van der Waals surface area contributed by atoms with Crippen LogP contribution in [0, 0.1) is 17.8 Å². The van der Waals surface area contributed by atoms with Crippen LogP contribution in [0.2, 0.25) is 0 Å². The molecular weight excluding hydrogens is 801 g/mol. The molecule has 0 fully saturated rings. The molecule has 0 heterocycles. The predicted molar refractivity (Wildman–Crippen MR) is 233 cm³/mol. The van der Waals surface area contributed by atoms with Crippen LogP contribution in [-0.4, -0.2) is 86.0 Å². The van der Waals surface area contributed by atoms with Gasteiger partial charge in [-0.05, 0) is 74.6 Å². The highest BCUT2D eigenvalue weighted by Crippen LogP contribution is 2.54. The van der Waals surface area contributed by atoms with Crippen molar-refractivity contribution in [3.63, 3.8) is 0 Å². The van der Waals surface area contributed by atoms with E-state index in [0.29, 0.717) is 12.8 Å². The Bertz CT molecular complexity index is 1770. The molecule has 15 nitrogen and oxygen atoms in total. The van der Waals surface area contributed by atoms with Gasteiger partial charge in [-0.25, -0.2) is 0 Å². The van der Waals surface area contributed by atoms with Crippen LogP contribution in [0.25, 0.3) is 0 Å². The first-order chi connectivity index (χ1) is 29.1. The van der Waals surface area contributed by atoms with Crippen LogP contribution < -0.4 is 27.4 Å². The maximum Gasteiger partial charge on any atom is 0.354 e. The lowest BCUT2D eigenvalue weighted by Gasteiger charge is -2.33. The Hall–Kier alpha value is -4.92. The molecule has 0 bridgehead atoms. The molecule has 7 N–H and O–H groups in total. The van der Waals surface area contributed by atoms with Crippen LogP contribution >= 0.6 is 7.60 Å². The van der Waals surface area contributed by atoms with Gasteiger partial charge < -0.3 is 45.9 Å². The predicted octanol–water partition coefficient (Wildman–Crippen LogP) is 4.91. The molecule has 3 aromatic carbocycles. The van der Waals surface area contributed by atoms with Gasteiger partial charge >= 0.3 is 19.5 Å². The van der Waals surface area contributed by atoms with Gasteiger partial charge in [0.15, 0.2) is 5.78 Å². The molecule has 3 rings (SSSR count). The van der Waals surface area contributed by atoms with Crippen LogP contribution in [0.3, 0.4) is 0 Å². The van der Waals surface area contributed by atoms with Gasteiger partial charge in [0.25, 0.3) is 5.91 Å². The fourth-order valence-electron chi connectivity index (χ4n) is 6.59. The van der Waals surface area contributed by atoms with Crippen molar-refractivity contribution >= 4 is 37.3 Å². The number of rotatable bonds is 26. The Morgan fingerprint density at radius 2 is 0.967 bits per heavy atom. The van der Waals surface area contributed by atoms with E-state index in [2.05, 4.69) is 16.0 Å². The zero-order chi connectivity index (χ0) is 45.0. The van der Waals surface area contributed by atoms with E-state index in [1.807, 2.05) is 64.1 Å². The number of hydrogen-bond donors (Lipinski definition) is 5. The van der Waals surface area contributed by atoms with Crippen LogP contribution in [-0.2, 0) is 55.1 Å². The van der Waals surface area contributed by atoms with Gasteiger partial charge in [0, 0.05) is 5.56 Å². The minimum Gasteiger partial charge on any atom is -0.462 e. The third-order valence-corrected chi connectivity index (χ3v) is 11.8. The normalized spacial score (nSPS) is 14.1. The molecule has 0 spiro atoms. The number of amides is 3. The number of carbonyl (C=O) groups excluding carboxylic acids is 5. The van der Waals surface area contributed by atoms with Crippen LogP contribution in [0.15, 0.2) is 91.0 Å². The molecule has 0 radical (unpaired) electrons. The Balaban J connectivity index is 2.14. The lowest BCUT2D eigenvalue weighted by Crippen LogP contribution is -2.57. The van der Waals surface area contributed by atoms with Gasteiger partial charge in [-0.1, -0.05) is 107 Å². The molecule has 61 heavy (non-hydrogen) atoms. The Morgan fingerprint density at radius 1 is 0.590 bits per heavy atom. The second-order valence-electron chi connectivity index (χ2n) is 15.7. The largest absolute Gasteiger partial charge is 0.462 e. The zero-order valence-corrected chi connectivity index (χ0v) is 37.0. The summed E-state index contributed by atoms with van der Waals surface area (Å²) >= 11 is 0. The van der Waals surface area contributed by atoms with Crippen LogP contribution in [0.4, 0.5) is 0 Å². The molecule has 1 unspecified atom stereocenters. The van der Waals surface area contributed by atoms with Crippen molar-refractivity contribution in [3.8, 4) is 0 Å². The van der Waals surface area contributed by atoms with Crippen molar-refractivity contribution in [2.75, 3.05) is 26.4 Å². The van der Waals surface area contributed by atoms with Gasteiger partial charge in [0.05, 0.1) is 25.3 Å². The van der Waals surface area contributed by atoms with E-state index in [1.165, 1.54) is 12.1 Å². The van der Waals surface area contributed by atoms with E-state index in [0.717, 1.165) is 11.1 Å². The quantitative estimate of drug-likeness (QED) is 0.0412. The summed E-state index contributed by atoms with van der Waals surface area (Å²) in [6.07, 6.45) is 1.03. The summed E-state index contributed by atoms with van der Waals surface area (Å²) in [7, 11) is -4.56. The number of hydrogen-bond acceptors (Lipinski definition) is 12. The van der Waals surface area contributed by atoms with Gasteiger partial charge in [-0.3, -0.25) is 28.5 Å². The van der Waals surface area contributed by atoms with Crippen molar-refractivity contribution < 1.29 is 47.1 Å². The molecule has 0 aliphatic rings. The summed E-state index contributed by atoms with van der Waals surface area (Å²) in [6.45, 7) is 9.78. The van der Waals surface area contributed by atoms with Crippen molar-refractivity contribution in [1.82, 2.24) is 16.0 Å². The monoisotopic (exact) mass is 865 g/mol. The minimum atomic E-state index is -4.56. The number of benzene rings is 3. The summed E-state index contributed by atoms with van der Waals surface area (Å²) in [6, 6.07) is 22.4. The zero-order valence-electron chi connectivity index (χ0n) is 36.1. The van der Waals surface area contributed by atoms with Crippen LogP contribution in [0.1, 0.15) is 75.9 Å². The van der Waals surface area contributed by atoms with Crippen molar-refractivity contribution in [2.24, 2.45) is 29.2 Å². The summed E-state index contributed by atoms with van der Waals surface area (Å²) in [5, 5.41) is 8.31. The van der Waals surface area contributed by atoms with Gasteiger partial charge in [0.2, 0.25) is 11.8 Å². The number of ether oxygens (including phenoxy) is 2. The minimum absolute atomic E-state index is 0.113. The first kappa shape index (κ1) is 50.4. The Morgan fingerprint density at radius 3 is 1.33 bits per heavy atom. The fourth-order valence-corrected chi connectivity index (χ4v) is 8.61. The van der Waals surface area contributed by atoms with E-state index < -0.39 is 73.1 Å². The summed E-state index contributed by atoms with van der Waals surface area (Å²) in [4.78, 5) is 69.7. The Kier molecular flexibility index (Phi) is 21.3. The molecule has 0 aromatic heterocycles. The molecule has 334 valence electrons. The van der Waals surface area contributed by atoms with E-state index in [-0.39, 0.29) is 56.7 Å². The average molecular weight is 866 g/mol. The highest BCUT2D eigenvalue weighted by Gasteiger charge is 2.50. The molecule has 0 saturated carbocycles. The topological polar surface area (TPSA) is 227 Å². The van der Waals surface area contributed by atoms with E-state index >= 15 is 0 Å². The lowest BCUT2D eigenvalue weighted by molar-refractivity contribution is -0.148. The molecule has 16 heteroatoms. The van der Waals surface area contributed by atoms with Crippen LogP contribution in [0.5, 0.6) is 0 Å². The fraction of sp³-hybridized carbons (Fsp3) is 0.489. The summed E-state index contributed by atoms with van der Waals surface area (Å²) < 4.78 is 37.5. The first-order valence-electron chi connectivity index (χ1n) is 20.8. The first-order valence-corrected chi connectivity index (χ1v) is 22.5. The maximum atomic E-state index is 14.9. The molecule has 3 amide bonds. The second-order valence-corrected chi connectivity index (χ2v) is 17.8. The van der Waals surface area contributed by atoms with Crippen molar-refractivity contribution in [3.05, 3.63) is 108 Å². The van der Waals surface area contributed by atoms with E-state index in [4.69, 9.17) is 30.0 Å². The smallest absolute Gasteiger partial charge is 0.354 e. The average Bonchev–Trinajstić information content (AvgIpc) is 3.22. The molecule has 0 aliphatic carbocycles. The third-order valence-electron chi connectivity index (χ3n) is 9.41. The third kappa shape index (κ3) is 17.2. The van der Waals surface area contributed by atoms with Gasteiger partial charge in [-0.2, -0.15) is 0 Å². The number of esters is 2. The van der Waals surface area contributed by atoms with Gasteiger partial charge in [0.1, 0.15) is 31.2 Å². The Labute approximate surface area is 359 Å². The number of carbonyl (C=O) groups is 5. The maximum absolute atomic E-state index is 14.9. The van der Waals surface area contributed by atoms with E-state index in [1.54, 1.807) is 56.3 Å². The number of nitrogens with two attached hydrogens (primary N) is 2. The summed E-state index contributed by atoms with van der Waals surface area (Å²) in [5.74, 6) is -7.76. The molecule has 5 atom stereocenters. The molecule has 0 saturated heterocycles. The summed E-state index contributed by atoms with van der Waals surface area (Å²) in [5.41, 5.74) is 13.9. The lowest BCUT2D eigenvalue weighted by atomic mass is 10.0.